The second-order valence-corrected chi connectivity index (χ2v) is 5.77. The van der Waals surface area contributed by atoms with Gasteiger partial charge in [0, 0.05) is 6.54 Å². The third-order valence-electron chi connectivity index (χ3n) is 2.72. The van der Waals surface area contributed by atoms with Gasteiger partial charge in [-0.2, -0.15) is 5.10 Å². The number of nitrogens with one attached hydrogen (secondary N) is 2. The van der Waals surface area contributed by atoms with Gasteiger partial charge in [0.15, 0.2) is 0 Å². The van der Waals surface area contributed by atoms with Gasteiger partial charge in [-0.3, -0.25) is 5.10 Å². The molecule has 102 valence electrons. The fourth-order valence-corrected chi connectivity index (χ4v) is 3.31. The van der Waals surface area contributed by atoms with Gasteiger partial charge in [-0.05, 0) is 56.5 Å². The molecule has 1 aromatic carbocycles. The summed E-state index contributed by atoms with van der Waals surface area (Å²) in [4.78, 5) is 4.12. The average molecular weight is 390 g/mol. The number of methoxy groups -OCH3 is 1. The van der Waals surface area contributed by atoms with Crippen LogP contribution in [0.3, 0.4) is 0 Å². The van der Waals surface area contributed by atoms with Crippen LogP contribution in [-0.4, -0.2) is 22.3 Å². The number of aromatic nitrogens is 3. The molecule has 0 aliphatic rings. The number of halogens is 2. The molecule has 0 radical (unpaired) electrons. The third kappa shape index (κ3) is 3.55. The molecule has 2 N–H and O–H groups in total. The lowest BCUT2D eigenvalue weighted by Crippen LogP contribution is -2.19. The summed E-state index contributed by atoms with van der Waals surface area (Å²) in [6, 6.07) is 4.18. The molecule has 0 fully saturated rings. The normalized spacial score (nSPS) is 12.4. The van der Waals surface area contributed by atoms with Gasteiger partial charge in [0.25, 0.3) is 0 Å². The van der Waals surface area contributed by atoms with E-state index in [9.17, 15) is 0 Å². The lowest BCUT2D eigenvalue weighted by molar-refractivity contribution is 0.409. The summed E-state index contributed by atoms with van der Waals surface area (Å²) < 4.78 is 7.13. The van der Waals surface area contributed by atoms with Crippen molar-refractivity contribution in [2.75, 3.05) is 7.11 Å². The van der Waals surface area contributed by atoms with Crippen LogP contribution in [0.2, 0.25) is 0 Å². The Balaban J connectivity index is 2.04. The maximum atomic E-state index is 5.28. The summed E-state index contributed by atoms with van der Waals surface area (Å²) in [5.74, 6) is 1.62. The van der Waals surface area contributed by atoms with E-state index in [1.807, 2.05) is 19.1 Å². The Kier molecular flexibility index (Phi) is 4.95. The van der Waals surface area contributed by atoms with Gasteiger partial charge in [0.1, 0.15) is 17.9 Å². The van der Waals surface area contributed by atoms with Crippen LogP contribution in [0.15, 0.2) is 27.4 Å². The third-order valence-corrected chi connectivity index (χ3v) is 3.90. The highest BCUT2D eigenvalue weighted by Gasteiger charge is 2.10. The molecule has 0 spiro atoms. The van der Waals surface area contributed by atoms with Crippen LogP contribution in [0.5, 0.6) is 5.75 Å². The van der Waals surface area contributed by atoms with E-state index in [1.54, 1.807) is 7.11 Å². The van der Waals surface area contributed by atoms with Crippen molar-refractivity contribution in [2.24, 2.45) is 0 Å². The molecule has 7 heteroatoms. The molecule has 2 aromatic rings. The molecule has 1 heterocycles. The quantitative estimate of drug-likeness (QED) is 0.824. The van der Waals surface area contributed by atoms with Crippen molar-refractivity contribution in [3.8, 4) is 5.75 Å². The highest BCUT2D eigenvalue weighted by Crippen LogP contribution is 2.34. The van der Waals surface area contributed by atoms with Crippen LogP contribution in [-0.2, 0) is 6.54 Å². The Morgan fingerprint density at radius 2 is 2.05 bits per heavy atom. The van der Waals surface area contributed by atoms with Gasteiger partial charge in [0.05, 0.1) is 22.1 Å². The minimum atomic E-state index is 0.113. The maximum absolute atomic E-state index is 5.28. The number of hydrogen-bond acceptors (Lipinski definition) is 4. The molecule has 1 atom stereocenters. The van der Waals surface area contributed by atoms with Gasteiger partial charge in [0.2, 0.25) is 0 Å². The van der Waals surface area contributed by atoms with Crippen LogP contribution >= 0.6 is 31.9 Å². The smallest absolute Gasteiger partial charge is 0.147 e. The van der Waals surface area contributed by atoms with Crippen molar-refractivity contribution >= 4 is 31.9 Å². The Morgan fingerprint density at radius 3 is 2.58 bits per heavy atom. The van der Waals surface area contributed by atoms with Crippen molar-refractivity contribution < 1.29 is 4.74 Å². The first-order valence-electron chi connectivity index (χ1n) is 5.72. The van der Waals surface area contributed by atoms with E-state index in [1.165, 1.54) is 6.33 Å². The first kappa shape index (κ1) is 14.5. The number of hydrogen-bond donors (Lipinski definition) is 2. The van der Waals surface area contributed by atoms with Crippen molar-refractivity contribution in [2.45, 2.75) is 19.5 Å². The van der Waals surface area contributed by atoms with Gasteiger partial charge < -0.3 is 10.1 Å². The molecule has 1 aromatic heterocycles. The monoisotopic (exact) mass is 388 g/mol. The van der Waals surface area contributed by atoms with Crippen molar-refractivity contribution in [3.05, 3.63) is 38.8 Å². The molecule has 0 aliphatic heterocycles. The summed E-state index contributed by atoms with van der Waals surface area (Å²) >= 11 is 6.99. The van der Waals surface area contributed by atoms with E-state index >= 15 is 0 Å². The van der Waals surface area contributed by atoms with Crippen LogP contribution in [0.4, 0.5) is 0 Å². The van der Waals surface area contributed by atoms with E-state index in [0.717, 1.165) is 32.6 Å². The van der Waals surface area contributed by atoms with Crippen LogP contribution in [0, 0.1) is 0 Å². The zero-order valence-electron chi connectivity index (χ0n) is 10.6. The van der Waals surface area contributed by atoms with Gasteiger partial charge in [-0.15, -0.1) is 0 Å². The number of rotatable bonds is 5. The summed E-state index contributed by atoms with van der Waals surface area (Å²) in [7, 11) is 1.65. The van der Waals surface area contributed by atoms with Gasteiger partial charge in [-0.1, -0.05) is 0 Å². The topological polar surface area (TPSA) is 62.8 Å². The predicted octanol–water partition coefficient (Wildman–Crippen LogP) is 3.19. The van der Waals surface area contributed by atoms with E-state index in [4.69, 9.17) is 4.74 Å². The predicted molar refractivity (Wildman–Crippen MR) is 80.0 cm³/mol. The summed E-state index contributed by atoms with van der Waals surface area (Å²) in [6.07, 6.45) is 1.51. The lowest BCUT2D eigenvalue weighted by atomic mass is 10.2. The second kappa shape index (κ2) is 6.49. The molecule has 19 heavy (non-hydrogen) atoms. The van der Waals surface area contributed by atoms with Crippen molar-refractivity contribution in [3.63, 3.8) is 0 Å². The molecule has 0 amide bonds. The van der Waals surface area contributed by atoms with Crippen molar-refractivity contribution in [1.29, 1.82) is 0 Å². The minimum Gasteiger partial charge on any atom is -0.494 e. The molecule has 5 nitrogen and oxygen atoms in total. The van der Waals surface area contributed by atoms with E-state index in [-0.39, 0.29) is 6.04 Å². The first-order chi connectivity index (χ1) is 9.11. The molecule has 1 unspecified atom stereocenters. The largest absolute Gasteiger partial charge is 0.494 e. The fourth-order valence-electron chi connectivity index (χ4n) is 1.70. The van der Waals surface area contributed by atoms with Gasteiger partial charge >= 0.3 is 0 Å². The van der Waals surface area contributed by atoms with Crippen LogP contribution in [0.25, 0.3) is 0 Å². The maximum Gasteiger partial charge on any atom is 0.147 e. The van der Waals surface area contributed by atoms with Crippen LogP contribution in [0.1, 0.15) is 24.4 Å². The highest BCUT2D eigenvalue weighted by molar-refractivity contribution is 9.11. The summed E-state index contributed by atoms with van der Waals surface area (Å²) in [5.41, 5.74) is 1.14. The molecule has 0 aliphatic carbocycles. The zero-order valence-corrected chi connectivity index (χ0v) is 13.7. The number of aromatic amines is 1. The molecule has 2 rings (SSSR count). The molecular formula is C12H14Br2N4O. The Hall–Kier alpha value is -0.920. The number of nitrogens with zero attached hydrogens (tertiary/aromatic N) is 2. The summed E-state index contributed by atoms with van der Waals surface area (Å²) in [6.45, 7) is 2.76. The zero-order chi connectivity index (χ0) is 13.8. The highest BCUT2D eigenvalue weighted by atomic mass is 79.9. The Labute approximate surface area is 128 Å². The van der Waals surface area contributed by atoms with E-state index in [2.05, 4.69) is 52.4 Å². The molecule has 0 saturated heterocycles. The minimum absolute atomic E-state index is 0.113. The molecule has 0 bridgehead atoms. The Morgan fingerprint density at radius 1 is 1.37 bits per heavy atom. The summed E-state index contributed by atoms with van der Waals surface area (Å²) in [5, 5.41) is 10.1. The lowest BCUT2D eigenvalue weighted by Gasteiger charge is -2.13. The SMILES string of the molecule is COc1c(Br)cc(CNC(C)c2ncn[nH]2)cc1Br. The van der Waals surface area contributed by atoms with Crippen LogP contribution < -0.4 is 10.1 Å². The first-order valence-corrected chi connectivity index (χ1v) is 7.31. The van der Waals surface area contributed by atoms with Gasteiger partial charge in [-0.25, -0.2) is 4.98 Å². The van der Waals surface area contributed by atoms with E-state index in [0.29, 0.717) is 0 Å². The number of H-pyrrole nitrogens is 1. The standard InChI is InChI=1S/C12H14Br2N4O/c1-7(12-16-6-17-18-12)15-5-8-3-9(13)11(19-2)10(14)4-8/h3-4,6-7,15H,5H2,1-2H3,(H,16,17,18). The molecule has 0 saturated carbocycles. The second-order valence-electron chi connectivity index (χ2n) is 4.07. The average Bonchev–Trinajstić information content (AvgIpc) is 2.89. The number of benzene rings is 1. The molecular weight excluding hydrogens is 376 g/mol. The van der Waals surface area contributed by atoms with Crippen molar-refractivity contribution in [1.82, 2.24) is 20.5 Å². The Bertz CT molecular complexity index is 522. The number of ether oxygens (including phenoxy) is 1. The van der Waals surface area contributed by atoms with E-state index < -0.39 is 0 Å². The fraction of sp³-hybridized carbons (Fsp3) is 0.333.